The molecule has 0 aliphatic carbocycles. The molecule has 6 heteroatoms. The number of carbonyl (C=O) groups is 1. The third-order valence-corrected chi connectivity index (χ3v) is 2.57. The Morgan fingerprint density at radius 1 is 1.60 bits per heavy atom. The van der Waals surface area contributed by atoms with Gasteiger partial charge in [-0.25, -0.2) is 9.79 Å². The van der Waals surface area contributed by atoms with Crippen molar-refractivity contribution in [1.29, 1.82) is 0 Å². The molecule has 20 heavy (non-hydrogen) atoms. The number of nitrogens with zero attached hydrogens (tertiary/aromatic N) is 2. The molecule has 0 aromatic carbocycles. The molecule has 1 atom stereocenters. The van der Waals surface area contributed by atoms with Crippen molar-refractivity contribution in [3.63, 3.8) is 0 Å². The van der Waals surface area contributed by atoms with Crippen molar-refractivity contribution in [2.24, 2.45) is 10.7 Å². The third-order valence-electron chi connectivity index (χ3n) is 2.57. The Morgan fingerprint density at radius 2 is 2.35 bits per heavy atom. The maximum atomic E-state index is 11.9. The zero-order chi connectivity index (χ0) is 15.0. The molecule has 0 aliphatic rings. The molecule has 1 unspecified atom stereocenters. The highest BCUT2D eigenvalue weighted by atomic mass is 16.5. The fourth-order valence-corrected chi connectivity index (χ4v) is 1.51. The van der Waals surface area contributed by atoms with E-state index in [1.807, 2.05) is 0 Å². The normalized spacial score (nSPS) is 13.9. The van der Waals surface area contributed by atoms with Gasteiger partial charge >= 0.3 is 5.97 Å². The third kappa shape index (κ3) is 4.17. The molecule has 0 radical (unpaired) electrons. The molecule has 2 N–H and O–H groups in total. The smallest absolute Gasteiger partial charge is 0.341 e. The van der Waals surface area contributed by atoms with Gasteiger partial charge in [-0.15, -0.1) is 0 Å². The molecule has 0 amide bonds. The largest absolute Gasteiger partial charge is 0.462 e. The number of esters is 1. The van der Waals surface area contributed by atoms with Crippen LogP contribution in [0.3, 0.4) is 0 Å². The zero-order valence-electron chi connectivity index (χ0n) is 11.9. The highest BCUT2D eigenvalue weighted by Crippen LogP contribution is 2.15. The standard InChI is InChI=1S/C14H19N3O3/c1-4-20-14(18)12(8-15)13(10(2)19-3)17-11-6-5-7-16-9-11/h5-10H,4,15H2,1-3H3. The number of aliphatic imine (C=N–C) groups is 1. The molecule has 1 aromatic rings. The lowest BCUT2D eigenvalue weighted by molar-refractivity contribution is -0.137. The fraction of sp³-hybridized carbons (Fsp3) is 0.357. The predicted molar refractivity (Wildman–Crippen MR) is 76.7 cm³/mol. The van der Waals surface area contributed by atoms with Gasteiger partial charge in [0.25, 0.3) is 0 Å². The van der Waals surface area contributed by atoms with Gasteiger partial charge in [-0.05, 0) is 26.0 Å². The minimum Gasteiger partial charge on any atom is -0.462 e. The van der Waals surface area contributed by atoms with Crippen LogP contribution in [0.4, 0.5) is 5.69 Å². The maximum Gasteiger partial charge on any atom is 0.341 e. The molecule has 0 saturated heterocycles. The fourth-order valence-electron chi connectivity index (χ4n) is 1.51. The Bertz CT molecular complexity index is 498. The highest BCUT2D eigenvalue weighted by Gasteiger charge is 2.22. The molecule has 0 spiro atoms. The van der Waals surface area contributed by atoms with Crippen molar-refractivity contribution >= 4 is 17.4 Å². The Morgan fingerprint density at radius 3 is 2.85 bits per heavy atom. The van der Waals surface area contributed by atoms with Crippen LogP contribution in [0.5, 0.6) is 0 Å². The lowest BCUT2D eigenvalue weighted by Crippen LogP contribution is -2.27. The van der Waals surface area contributed by atoms with Gasteiger partial charge in [0.1, 0.15) is 0 Å². The number of methoxy groups -OCH3 is 1. The summed E-state index contributed by atoms with van der Waals surface area (Å²) in [5, 5.41) is 0. The molecule has 1 aromatic heterocycles. The number of carbonyl (C=O) groups excluding carboxylic acids is 1. The van der Waals surface area contributed by atoms with Crippen LogP contribution < -0.4 is 5.73 Å². The number of ether oxygens (including phenoxy) is 2. The Hall–Kier alpha value is -2.21. The van der Waals surface area contributed by atoms with Crippen molar-refractivity contribution in [2.75, 3.05) is 13.7 Å². The molecule has 0 fully saturated rings. The minimum atomic E-state index is -0.526. The molecule has 1 heterocycles. The quantitative estimate of drug-likeness (QED) is 0.485. The molecule has 108 valence electrons. The average molecular weight is 277 g/mol. The SMILES string of the molecule is CCOC(=O)C(=CN)C(=Nc1cccnc1)C(C)OC. The van der Waals surface area contributed by atoms with Crippen LogP contribution in [-0.2, 0) is 14.3 Å². The highest BCUT2D eigenvalue weighted by molar-refractivity contribution is 6.22. The van der Waals surface area contributed by atoms with Crippen LogP contribution in [0.1, 0.15) is 13.8 Å². The van der Waals surface area contributed by atoms with E-state index in [-0.39, 0.29) is 12.2 Å². The Balaban J connectivity index is 3.18. The lowest BCUT2D eigenvalue weighted by Gasteiger charge is -2.15. The van der Waals surface area contributed by atoms with Crippen LogP contribution in [-0.4, -0.2) is 36.5 Å². The van der Waals surface area contributed by atoms with Crippen LogP contribution in [0.2, 0.25) is 0 Å². The predicted octanol–water partition coefficient (Wildman–Crippen LogP) is 1.59. The summed E-state index contributed by atoms with van der Waals surface area (Å²) in [7, 11) is 1.53. The van der Waals surface area contributed by atoms with Crippen molar-refractivity contribution in [3.8, 4) is 0 Å². The van der Waals surface area contributed by atoms with Gasteiger partial charge < -0.3 is 15.2 Å². The number of nitrogens with two attached hydrogens (primary N) is 1. The van der Waals surface area contributed by atoms with E-state index in [0.717, 1.165) is 0 Å². The molecule has 0 saturated carbocycles. The van der Waals surface area contributed by atoms with Gasteiger partial charge in [0.05, 0.1) is 35.9 Å². The molecular formula is C14H19N3O3. The van der Waals surface area contributed by atoms with Gasteiger partial charge in [0, 0.05) is 19.5 Å². The van der Waals surface area contributed by atoms with Crippen LogP contribution in [0.15, 0.2) is 41.3 Å². The summed E-state index contributed by atoms with van der Waals surface area (Å²) in [5.74, 6) is -0.526. The van der Waals surface area contributed by atoms with E-state index >= 15 is 0 Å². The first kappa shape index (κ1) is 15.8. The van der Waals surface area contributed by atoms with E-state index in [1.165, 1.54) is 13.3 Å². The maximum absolute atomic E-state index is 11.9. The summed E-state index contributed by atoms with van der Waals surface area (Å²) in [6, 6.07) is 3.53. The number of pyridine rings is 1. The van der Waals surface area contributed by atoms with Gasteiger partial charge in [-0.2, -0.15) is 0 Å². The van der Waals surface area contributed by atoms with Crippen LogP contribution in [0, 0.1) is 0 Å². The number of rotatable bonds is 6. The van der Waals surface area contributed by atoms with E-state index in [9.17, 15) is 4.79 Å². The van der Waals surface area contributed by atoms with Gasteiger partial charge in [0.2, 0.25) is 0 Å². The number of hydrogen-bond donors (Lipinski definition) is 1. The summed E-state index contributed by atoms with van der Waals surface area (Å²) >= 11 is 0. The minimum absolute atomic E-state index is 0.185. The first-order valence-corrected chi connectivity index (χ1v) is 6.24. The molecule has 0 aliphatic heterocycles. The summed E-state index contributed by atoms with van der Waals surface area (Å²) in [6.45, 7) is 3.76. The van der Waals surface area contributed by atoms with Crippen LogP contribution in [0.25, 0.3) is 0 Å². The van der Waals surface area contributed by atoms with E-state index in [0.29, 0.717) is 11.4 Å². The summed E-state index contributed by atoms with van der Waals surface area (Å²) in [5.41, 5.74) is 6.73. The first-order chi connectivity index (χ1) is 9.63. The zero-order valence-corrected chi connectivity index (χ0v) is 11.9. The molecular weight excluding hydrogens is 258 g/mol. The summed E-state index contributed by atoms with van der Waals surface area (Å²) in [4.78, 5) is 20.3. The van der Waals surface area contributed by atoms with Crippen molar-refractivity contribution < 1.29 is 14.3 Å². The Labute approximate surface area is 118 Å². The second-order valence-electron chi connectivity index (χ2n) is 3.89. The van der Waals surface area contributed by atoms with Gasteiger partial charge in [-0.1, -0.05) is 0 Å². The van der Waals surface area contributed by atoms with Gasteiger partial charge in [0.15, 0.2) is 0 Å². The number of aromatic nitrogens is 1. The van der Waals surface area contributed by atoms with Gasteiger partial charge in [-0.3, -0.25) is 4.98 Å². The lowest BCUT2D eigenvalue weighted by atomic mass is 10.1. The number of hydrogen-bond acceptors (Lipinski definition) is 6. The second-order valence-corrected chi connectivity index (χ2v) is 3.89. The summed E-state index contributed by atoms with van der Waals surface area (Å²) in [6.07, 6.45) is 4.00. The van der Waals surface area contributed by atoms with Crippen molar-refractivity contribution in [3.05, 3.63) is 36.3 Å². The van der Waals surface area contributed by atoms with E-state index in [2.05, 4.69) is 9.98 Å². The topological polar surface area (TPSA) is 86.8 Å². The van der Waals surface area contributed by atoms with E-state index in [1.54, 1.807) is 38.4 Å². The first-order valence-electron chi connectivity index (χ1n) is 6.24. The molecule has 6 nitrogen and oxygen atoms in total. The van der Waals surface area contributed by atoms with Crippen LogP contribution >= 0.6 is 0 Å². The molecule has 0 bridgehead atoms. The van der Waals surface area contributed by atoms with Crippen molar-refractivity contribution in [2.45, 2.75) is 20.0 Å². The summed E-state index contributed by atoms with van der Waals surface area (Å²) < 4.78 is 10.2. The average Bonchev–Trinajstić information content (AvgIpc) is 2.47. The van der Waals surface area contributed by atoms with E-state index < -0.39 is 12.1 Å². The van der Waals surface area contributed by atoms with E-state index in [4.69, 9.17) is 15.2 Å². The second kappa shape index (κ2) is 8.06. The monoisotopic (exact) mass is 277 g/mol. The molecule has 1 rings (SSSR count). The Kier molecular flexibility index (Phi) is 6.39. The van der Waals surface area contributed by atoms with Crippen molar-refractivity contribution in [1.82, 2.24) is 4.98 Å².